The number of rotatable bonds is 1. The van der Waals surface area contributed by atoms with E-state index < -0.39 is 0 Å². The van der Waals surface area contributed by atoms with Gasteiger partial charge in [0.15, 0.2) is 0 Å². The van der Waals surface area contributed by atoms with E-state index >= 15 is 0 Å². The number of benzene rings is 1. The first-order chi connectivity index (χ1) is 6.79. The van der Waals surface area contributed by atoms with Crippen LogP contribution in [0.1, 0.15) is 0 Å². The number of anilines is 2. The van der Waals surface area contributed by atoms with Crippen molar-refractivity contribution in [3.63, 3.8) is 0 Å². The van der Waals surface area contributed by atoms with Crippen molar-refractivity contribution in [1.29, 1.82) is 0 Å². The van der Waals surface area contributed by atoms with Crippen LogP contribution in [-0.2, 0) is 4.74 Å². The topological polar surface area (TPSA) is 33.3 Å². The van der Waals surface area contributed by atoms with Gasteiger partial charge >= 0.3 is 0 Å². The maximum Gasteiger partial charge on any atom is 0.125 e. The number of hydrogen-bond donors (Lipinski definition) is 2. The van der Waals surface area contributed by atoms with E-state index in [9.17, 15) is 4.39 Å². The van der Waals surface area contributed by atoms with E-state index in [1.807, 2.05) is 0 Å². The summed E-state index contributed by atoms with van der Waals surface area (Å²) in [5.74, 6) is -0.228. The smallest absolute Gasteiger partial charge is 0.125 e. The number of halogens is 1. The van der Waals surface area contributed by atoms with Crippen LogP contribution in [0.15, 0.2) is 18.2 Å². The van der Waals surface area contributed by atoms with Gasteiger partial charge in [-0.25, -0.2) is 4.39 Å². The minimum Gasteiger partial charge on any atom is -0.381 e. The summed E-state index contributed by atoms with van der Waals surface area (Å²) in [4.78, 5) is 0. The molecule has 0 saturated carbocycles. The Morgan fingerprint density at radius 2 is 2.00 bits per heavy atom. The molecule has 14 heavy (non-hydrogen) atoms. The molecule has 0 spiro atoms. The van der Waals surface area contributed by atoms with Gasteiger partial charge in [-0.2, -0.15) is 0 Å². The predicted octanol–water partition coefficient (Wildman–Crippen LogP) is 1.68. The van der Waals surface area contributed by atoms with Gasteiger partial charge < -0.3 is 15.4 Å². The highest BCUT2D eigenvalue weighted by molar-refractivity contribution is 5.69. The summed E-state index contributed by atoms with van der Waals surface area (Å²) in [6.07, 6.45) is 0.116. The van der Waals surface area contributed by atoms with E-state index in [0.29, 0.717) is 6.54 Å². The van der Waals surface area contributed by atoms with Crippen LogP contribution in [0, 0.1) is 5.82 Å². The molecule has 0 fully saturated rings. The number of hydrogen-bond acceptors (Lipinski definition) is 3. The van der Waals surface area contributed by atoms with Gasteiger partial charge in [0, 0.05) is 20.2 Å². The fraction of sp³-hybridized carbons (Fsp3) is 0.400. The van der Waals surface area contributed by atoms with Gasteiger partial charge in [-0.3, -0.25) is 0 Å². The van der Waals surface area contributed by atoms with Gasteiger partial charge in [0.25, 0.3) is 0 Å². The second-order valence-corrected chi connectivity index (χ2v) is 3.31. The number of nitrogens with one attached hydrogen (secondary N) is 2. The molecular weight excluding hydrogens is 183 g/mol. The van der Waals surface area contributed by atoms with Gasteiger partial charge in [0.1, 0.15) is 5.82 Å². The van der Waals surface area contributed by atoms with Gasteiger partial charge in [-0.1, -0.05) is 0 Å². The summed E-state index contributed by atoms with van der Waals surface area (Å²) in [7, 11) is 1.67. The molecular formula is C10H13FN2O. The fourth-order valence-electron chi connectivity index (χ4n) is 1.50. The highest BCUT2D eigenvalue weighted by Gasteiger charge is 2.14. The van der Waals surface area contributed by atoms with Crippen molar-refractivity contribution >= 4 is 11.4 Å². The molecule has 0 amide bonds. The van der Waals surface area contributed by atoms with Crippen LogP contribution in [0.3, 0.4) is 0 Å². The van der Waals surface area contributed by atoms with Crippen molar-refractivity contribution in [2.45, 2.75) is 6.10 Å². The van der Waals surface area contributed by atoms with E-state index in [0.717, 1.165) is 17.9 Å². The van der Waals surface area contributed by atoms with Gasteiger partial charge in [-0.15, -0.1) is 0 Å². The summed E-state index contributed by atoms with van der Waals surface area (Å²) in [6.45, 7) is 1.43. The quantitative estimate of drug-likeness (QED) is 0.717. The van der Waals surface area contributed by atoms with Crippen molar-refractivity contribution in [3.8, 4) is 0 Å². The van der Waals surface area contributed by atoms with Crippen molar-refractivity contribution in [1.82, 2.24) is 0 Å². The predicted molar refractivity (Wildman–Crippen MR) is 54.2 cm³/mol. The Hall–Kier alpha value is -1.29. The molecule has 4 heteroatoms. The van der Waals surface area contributed by atoms with Crippen molar-refractivity contribution in [2.75, 3.05) is 30.8 Å². The SMILES string of the molecule is COC1CNc2ccc(F)cc2NC1. The first kappa shape index (κ1) is 9.27. The molecule has 76 valence electrons. The maximum absolute atomic E-state index is 12.9. The molecule has 1 atom stereocenters. The first-order valence-electron chi connectivity index (χ1n) is 4.59. The van der Waals surface area contributed by atoms with Crippen LogP contribution in [0.25, 0.3) is 0 Å². The Balaban J connectivity index is 2.21. The standard InChI is InChI=1S/C10H13FN2O/c1-14-8-5-12-9-3-2-7(11)4-10(9)13-6-8/h2-4,8,12-13H,5-6H2,1H3. The minimum atomic E-state index is -0.228. The summed E-state index contributed by atoms with van der Waals surface area (Å²) in [5.41, 5.74) is 1.72. The van der Waals surface area contributed by atoms with Crippen molar-refractivity contribution < 1.29 is 9.13 Å². The van der Waals surface area contributed by atoms with E-state index in [1.165, 1.54) is 12.1 Å². The Kier molecular flexibility index (Phi) is 2.54. The van der Waals surface area contributed by atoms with Crippen LogP contribution in [-0.4, -0.2) is 26.3 Å². The highest BCUT2D eigenvalue weighted by Crippen LogP contribution is 2.24. The molecule has 0 saturated heterocycles. The first-order valence-corrected chi connectivity index (χ1v) is 4.59. The molecule has 1 aromatic rings. The third-order valence-electron chi connectivity index (χ3n) is 2.36. The largest absolute Gasteiger partial charge is 0.381 e. The summed E-state index contributed by atoms with van der Waals surface area (Å²) in [5, 5.41) is 6.34. The lowest BCUT2D eigenvalue weighted by Gasteiger charge is -2.11. The van der Waals surface area contributed by atoms with E-state index in [2.05, 4.69) is 10.6 Å². The Morgan fingerprint density at radius 1 is 1.29 bits per heavy atom. The molecule has 1 aliphatic heterocycles. The third kappa shape index (κ3) is 1.80. The van der Waals surface area contributed by atoms with Crippen LogP contribution < -0.4 is 10.6 Å². The second kappa shape index (κ2) is 3.84. The molecule has 1 aliphatic rings. The second-order valence-electron chi connectivity index (χ2n) is 3.31. The normalized spacial score (nSPS) is 20.3. The Morgan fingerprint density at radius 3 is 2.71 bits per heavy atom. The molecule has 0 aromatic heterocycles. The molecule has 0 radical (unpaired) electrons. The lowest BCUT2D eigenvalue weighted by molar-refractivity contribution is 0.124. The zero-order valence-corrected chi connectivity index (χ0v) is 8.01. The molecule has 1 unspecified atom stereocenters. The van der Waals surface area contributed by atoms with Crippen LogP contribution in [0.5, 0.6) is 0 Å². The molecule has 2 N–H and O–H groups in total. The van der Waals surface area contributed by atoms with E-state index in [-0.39, 0.29) is 11.9 Å². The van der Waals surface area contributed by atoms with Crippen LogP contribution in [0.4, 0.5) is 15.8 Å². The molecule has 0 bridgehead atoms. The van der Waals surface area contributed by atoms with Crippen molar-refractivity contribution in [3.05, 3.63) is 24.0 Å². The average molecular weight is 196 g/mol. The van der Waals surface area contributed by atoms with E-state index in [1.54, 1.807) is 13.2 Å². The number of methoxy groups -OCH3 is 1. The third-order valence-corrected chi connectivity index (χ3v) is 2.36. The van der Waals surface area contributed by atoms with Crippen molar-refractivity contribution in [2.24, 2.45) is 0 Å². The molecule has 3 nitrogen and oxygen atoms in total. The minimum absolute atomic E-state index is 0.116. The number of ether oxygens (including phenoxy) is 1. The molecule has 1 aromatic carbocycles. The maximum atomic E-state index is 12.9. The monoisotopic (exact) mass is 196 g/mol. The zero-order valence-electron chi connectivity index (χ0n) is 8.01. The van der Waals surface area contributed by atoms with Gasteiger partial charge in [0.2, 0.25) is 0 Å². The van der Waals surface area contributed by atoms with Gasteiger partial charge in [-0.05, 0) is 18.2 Å². The summed E-state index contributed by atoms with van der Waals surface area (Å²) < 4.78 is 18.1. The Labute approximate surface area is 82.3 Å². The highest BCUT2D eigenvalue weighted by atomic mass is 19.1. The van der Waals surface area contributed by atoms with Crippen LogP contribution >= 0.6 is 0 Å². The van der Waals surface area contributed by atoms with Gasteiger partial charge in [0.05, 0.1) is 17.5 Å². The number of fused-ring (bicyclic) bond motifs is 1. The summed E-state index contributed by atoms with van der Waals surface area (Å²) in [6, 6.07) is 4.66. The summed E-state index contributed by atoms with van der Waals surface area (Å²) >= 11 is 0. The lowest BCUT2D eigenvalue weighted by atomic mass is 10.2. The lowest BCUT2D eigenvalue weighted by Crippen LogP contribution is -2.26. The van der Waals surface area contributed by atoms with E-state index in [4.69, 9.17) is 4.74 Å². The van der Waals surface area contributed by atoms with Crippen LogP contribution in [0.2, 0.25) is 0 Å². The molecule has 1 heterocycles. The molecule has 2 rings (SSSR count). The fourth-order valence-corrected chi connectivity index (χ4v) is 1.50. The molecule has 0 aliphatic carbocycles. The zero-order chi connectivity index (χ0) is 9.97. The Bertz CT molecular complexity index is 330. The average Bonchev–Trinajstić information content (AvgIpc) is 2.39.